The second-order valence-electron chi connectivity index (χ2n) is 4.68. The van der Waals surface area contributed by atoms with Gasteiger partial charge in [-0.15, -0.1) is 0 Å². The predicted octanol–water partition coefficient (Wildman–Crippen LogP) is 1.08. The van der Waals surface area contributed by atoms with Crippen LogP contribution in [0.5, 0.6) is 0 Å². The minimum absolute atomic E-state index is 0.202. The number of aliphatic hydroxyl groups is 1. The van der Waals surface area contributed by atoms with Crippen LogP contribution < -0.4 is 5.32 Å². The Bertz CT molecular complexity index is 164. The summed E-state index contributed by atoms with van der Waals surface area (Å²) in [6.45, 7) is 9.34. The molecule has 0 aromatic rings. The molecule has 3 heteroatoms. The highest BCUT2D eigenvalue weighted by molar-refractivity contribution is 4.77. The van der Waals surface area contributed by atoms with Crippen LogP contribution in [0.1, 0.15) is 33.1 Å². The molecule has 0 amide bonds. The van der Waals surface area contributed by atoms with E-state index in [1.54, 1.807) is 0 Å². The Morgan fingerprint density at radius 1 is 1.47 bits per heavy atom. The number of hydrogen-bond donors (Lipinski definition) is 2. The maximum absolute atomic E-state index is 9.79. The van der Waals surface area contributed by atoms with E-state index in [0.29, 0.717) is 0 Å². The summed E-state index contributed by atoms with van der Waals surface area (Å²) < 4.78 is 0. The molecule has 0 saturated carbocycles. The molecule has 1 saturated heterocycles. The van der Waals surface area contributed by atoms with E-state index in [2.05, 4.69) is 24.1 Å². The lowest BCUT2D eigenvalue weighted by molar-refractivity contribution is 0.121. The van der Waals surface area contributed by atoms with Crippen molar-refractivity contribution < 1.29 is 5.11 Å². The van der Waals surface area contributed by atoms with Crippen LogP contribution in [0.3, 0.4) is 0 Å². The van der Waals surface area contributed by atoms with E-state index in [4.69, 9.17) is 0 Å². The smallest absolute Gasteiger partial charge is 0.0791 e. The zero-order chi connectivity index (χ0) is 11.1. The number of rotatable bonds is 7. The van der Waals surface area contributed by atoms with Gasteiger partial charge < -0.3 is 15.3 Å². The first-order valence-corrected chi connectivity index (χ1v) is 6.37. The third-order valence-electron chi connectivity index (χ3n) is 3.22. The monoisotopic (exact) mass is 214 g/mol. The molecule has 1 heterocycles. The van der Waals surface area contributed by atoms with Crippen molar-refractivity contribution in [1.29, 1.82) is 0 Å². The molecule has 90 valence electrons. The Hall–Kier alpha value is -0.120. The van der Waals surface area contributed by atoms with Gasteiger partial charge >= 0.3 is 0 Å². The summed E-state index contributed by atoms with van der Waals surface area (Å²) in [5.74, 6) is 0.862. The molecule has 0 spiro atoms. The number of nitrogens with one attached hydrogen (secondary N) is 1. The van der Waals surface area contributed by atoms with Crippen LogP contribution in [-0.2, 0) is 0 Å². The van der Waals surface area contributed by atoms with Gasteiger partial charge in [0.15, 0.2) is 0 Å². The van der Waals surface area contributed by atoms with E-state index in [-0.39, 0.29) is 6.10 Å². The van der Waals surface area contributed by atoms with E-state index in [0.717, 1.165) is 32.0 Å². The van der Waals surface area contributed by atoms with E-state index in [9.17, 15) is 5.11 Å². The largest absolute Gasteiger partial charge is 0.390 e. The third-order valence-corrected chi connectivity index (χ3v) is 3.22. The maximum Gasteiger partial charge on any atom is 0.0791 e. The van der Waals surface area contributed by atoms with Gasteiger partial charge in [0.2, 0.25) is 0 Å². The number of likely N-dealkylation sites (tertiary alicyclic amines) is 1. The lowest BCUT2D eigenvalue weighted by Gasteiger charge is -2.20. The number of hydrogen-bond acceptors (Lipinski definition) is 3. The molecule has 1 aliphatic rings. The molecule has 2 unspecified atom stereocenters. The Kier molecular flexibility index (Phi) is 6.22. The first-order chi connectivity index (χ1) is 7.26. The van der Waals surface area contributed by atoms with Crippen LogP contribution in [0, 0.1) is 5.92 Å². The van der Waals surface area contributed by atoms with Crippen LogP contribution in [-0.4, -0.2) is 48.8 Å². The van der Waals surface area contributed by atoms with Crippen molar-refractivity contribution in [2.75, 3.05) is 32.7 Å². The van der Waals surface area contributed by atoms with Crippen molar-refractivity contribution in [1.82, 2.24) is 10.2 Å². The van der Waals surface area contributed by atoms with E-state index < -0.39 is 0 Å². The summed E-state index contributed by atoms with van der Waals surface area (Å²) in [6, 6.07) is 0. The molecule has 0 aliphatic carbocycles. The number of nitrogens with zero attached hydrogens (tertiary/aromatic N) is 1. The summed E-state index contributed by atoms with van der Waals surface area (Å²) >= 11 is 0. The fraction of sp³-hybridized carbons (Fsp3) is 1.00. The first-order valence-electron chi connectivity index (χ1n) is 6.37. The topological polar surface area (TPSA) is 35.5 Å². The van der Waals surface area contributed by atoms with Gasteiger partial charge in [0.25, 0.3) is 0 Å². The summed E-state index contributed by atoms with van der Waals surface area (Å²) in [5.41, 5.74) is 0. The van der Waals surface area contributed by atoms with Crippen molar-refractivity contribution in [3.63, 3.8) is 0 Å². The van der Waals surface area contributed by atoms with Crippen LogP contribution in [0.4, 0.5) is 0 Å². The van der Waals surface area contributed by atoms with Gasteiger partial charge in [-0.3, -0.25) is 0 Å². The quantitative estimate of drug-likeness (QED) is 0.623. The lowest BCUT2D eigenvalue weighted by atomic mass is 10.1. The second-order valence-corrected chi connectivity index (χ2v) is 4.68. The summed E-state index contributed by atoms with van der Waals surface area (Å²) in [7, 11) is 0. The van der Waals surface area contributed by atoms with Gasteiger partial charge in [0.1, 0.15) is 0 Å². The molecule has 0 radical (unpaired) electrons. The molecule has 1 aliphatic heterocycles. The average molecular weight is 214 g/mol. The van der Waals surface area contributed by atoms with Crippen LogP contribution >= 0.6 is 0 Å². The molecule has 0 aromatic carbocycles. The molecule has 2 N–H and O–H groups in total. The van der Waals surface area contributed by atoms with Gasteiger partial charge in [-0.1, -0.05) is 20.3 Å². The van der Waals surface area contributed by atoms with Crippen molar-refractivity contribution in [2.45, 2.75) is 39.2 Å². The average Bonchev–Trinajstić information content (AvgIpc) is 2.66. The molecule has 1 rings (SSSR count). The fourth-order valence-corrected chi connectivity index (χ4v) is 2.22. The Balaban J connectivity index is 2.07. The molecule has 15 heavy (non-hydrogen) atoms. The Morgan fingerprint density at radius 2 is 2.27 bits per heavy atom. The molecule has 0 aromatic heterocycles. The maximum atomic E-state index is 9.79. The fourth-order valence-electron chi connectivity index (χ4n) is 2.22. The summed E-state index contributed by atoms with van der Waals surface area (Å²) in [4.78, 5) is 2.40. The van der Waals surface area contributed by atoms with E-state index >= 15 is 0 Å². The minimum Gasteiger partial charge on any atom is -0.390 e. The van der Waals surface area contributed by atoms with E-state index in [1.165, 1.54) is 25.9 Å². The third kappa shape index (κ3) is 4.96. The van der Waals surface area contributed by atoms with Crippen molar-refractivity contribution >= 4 is 0 Å². The van der Waals surface area contributed by atoms with Gasteiger partial charge in [-0.25, -0.2) is 0 Å². The zero-order valence-electron chi connectivity index (χ0n) is 10.2. The van der Waals surface area contributed by atoms with Gasteiger partial charge in [0, 0.05) is 19.6 Å². The second kappa shape index (κ2) is 7.20. The van der Waals surface area contributed by atoms with Crippen LogP contribution in [0.2, 0.25) is 0 Å². The predicted molar refractivity (Wildman–Crippen MR) is 64.0 cm³/mol. The Morgan fingerprint density at radius 3 is 2.87 bits per heavy atom. The van der Waals surface area contributed by atoms with Crippen LogP contribution in [0.25, 0.3) is 0 Å². The highest BCUT2D eigenvalue weighted by Crippen LogP contribution is 2.18. The standard InChI is InChI=1S/C12H26N2O/c1-3-6-13-8-12(15)10-14-7-5-11(4-2)9-14/h11-13,15H,3-10H2,1-2H3. The first kappa shape index (κ1) is 12.9. The van der Waals surface area contributed by atoms with Crippen molar-refractivity contribution in [3.05, 3.63) is 0 Å². The molecular formula is C12H26N2O. The van der Waals surface area contributed by atoms with Gasteiger partial charge in [-0.05, 0) is 31.8 Å². The molecule has 0 bridgehead atoms. The molecule has 3 nitrogen and oxygen atoms in total. The van der Waals surface area contributed by atoms with Gasteiger partial charge in [-0.2, -0.15) is 0 Å². The normalized spacial score (nSPS) is 24.6. The summed E-state index contributed by atoms with van der Waals surface area (Å²) in [6.07, 6.45) is 3.52. The highest BCUT2D eigenvalue weighted by atomic mass is 16.3. The molecule has 1 fully saturated rings. The summed E-state index contributed by atoms with van der Waals surface area (Å²) in [5, 5.41) is 13.0. The van der Waals surface area contributed by atoms with Crippen LogP contribution in [0.15, 0.2) is 0 Å². The van der Waals surface area contributed by atoms with Gasteiger partial charge in [0.05, 0.1) is 6.10 Å². The van der Waals surface area contributed by atoms with Crippen molar-refractivity contribution in [2.24, 2.45) is 5.92 Å². The zero-order valence-corrected chi connectivity index (χ0v) is 10.2. The SMILES string of the molecule is CCCNCC(O)CN1CCC(CC)C1. The molecular weight excluding hydrogens is 188 g/mol. The number of β-amino-alcohol motifs (C(OH)–C–C–N with tert-alkyl or cyclic N) is 1. The number of aliphatic hydroxyl groups excluding tert-OH is 1. The lowest BCUT2D eigenvalue weighted by Crippen LogP contribution is -2.37. The minimum atomic E-state index is -0.202. The van der Waals surface area contributed by atoms with Crippen molar-refractivity contribution in [3.8, 4) is 0 Å². The highest BCUT2D eigenvalue weighted by Gasteiger charge is 2.22. The Labute approximate surface area is 93.9 Å². The van der Waals surface area contributed by atoms with E-state index in [1.807, 2.05) is 0 Å². The molecule has 2 atom stereocenters.